The van der Waals surface area contributed by atoms with Gasteiger partial charge in [0.15, 0.2) is 0 Å². The summed E-state index contributed by atoms with van der Waals surface area (Å²) >= 11 is 0. The number of nitriles is 1. The second-order valence-corrected chi connectivity index (χ2v) is 5.90. The van der Waals surface area contributed by atoms with Crippen LogP contribution in [-0.2, 0) is 4.74 Å². The van der Waals surface area contributed by atoms with Gasteiger partial charge in [-0.1, -0.05) is 0 Å². The van der Waals surface area contributed by atoms with Gasteiger partial charge in [-0.05, 0) is 45.0 Å². The van der Waals surface area contributed by atoms with Gasteiger partial charge < -0.3 is 18.8 Å². The molecule has 1 aromatic heterocycles. The number of aromatic nitrogens is 1. The minimum Gasteiger partial charge on any atom is -0.494 e. The highest BCUT2D eigenvalue weighted by molar-refractivity contribution is 5.60. The molecule has 1 aliphatic rings. The maximum Gasteiger partial charge on any atom is 0.235 e. The minimum atomic E-state index is 0.0827. The van der Waals surface area contributed by atoms with Crippen LogP contribution in [0.5, 0.6) is 5.75 Å². The van der Waals surface area contributed by atoms with Crippen LogP contribution in [0.15, 0.2) is 28.7 Å². The molecule has 0 spiro atoms. The average molecular weight is 327 g/mol. The molecule has 0 radical (unpaired) electrons. The second kappa shape index (κ2) is 6.93. The van der Waals surface area contributed by atoms with Gasteiger partial charge in [-0.3, -0.25) is 0 Å². The SMILES string of the molecule is CCOc1ccc(-c2nc(C#N)c(N3C[C@H](C)O[C@@H](C)C3)o2)cc1. The summed E-state index contributed by atoms with van der Waals surface area (Å²) in [5.41, 5.74) is 1.12. The number of hydrogen-bond acceptors (Lipinski definition) is 6. The number of benzene rings is 1. The lowest BCUT2D eigenvalue weighted by atomic mass is 10.2. The highest BCUT2D eigenvalue weighted by Gasteiger charge is 2.28. The van der Waals surface area contributed by atoms with Crippen molar-refractivity contribution in [3.8, 4) is 23.3 Å². The summed E-state index contributed by atoms with van der Waals surface area (Å²) < 4.78 is 17.1. The fourth-order valence-corrected chi connectivity index (χ4v) is 2.93. The molecule has 6 nitrogen and oxygen atoms in total. The van der Waals surface area contributed by atoms with E-state index < -0.39 is 0 Å². The summed E-state index contributed by atoms with van der Waals surface area (Å²) in [7, 11) is 0. The van der Waals surface area contributed by atoms with Crippen molar-refractivity contribution in [1.82, 2.24) is 4.98 Å². The molecule has 2 heterocycles. The van der Waals surface area contributed by atoms with Crippen molar-refractivity contribution in [2.45, 2.75) is 33.0 Å². The molecular formula is C18H21N3O3. The van der Waals surface area contributed by atoms with Crippen LogP contribution in [0.1, 0.15) is 26.5 Å². The van der Waals surface area contributed by atoms with E-state index in [0.29, 0.717) is 37.2 Å². The number of morpholine rings is 1. The van der Waals surface area contributed by atoms with Crippen LogP contribution >= 0.6 is 0 Å². The molecular weight excluding hydrogens is 306 g/mol. The Morgan fingerprint density at radius 2 is 1.92 bits per heavy atom. The Bertz CT molecular complexity index is 723. The first-order valence-corrected chi connectivity index (χ1v) is 8.15. The third-order valence-electron chi connectivity index (χ3n) is 3.83. The van der Waals surface area contributed by atoms with Gasteiger partial charge >= 0.3 is 0 Å². The van der Waals surface area contributed by atoms with Crippen LogP contribution in [0.25, 0.3) is 11.5 Å². The van der Waals surface area contributed by atoms with Crippen molar-refractivity contribution >= 4 is 5.88 Å². The van der Waals surface area contributed by atoms with Crippen molar-refractivity contribution in [2.24, 2.45) is 0 Å². The maximum atomic E-state index is 9.40. The second-order valence-electron chi connectivity index (χ2n) is 5.90. The average Bonchev–Trinajstić information content (AvgIpc) is 2.99. The lowest BCUT2D eigenvalue weighted by molar-refractivity contribution is -0.00638. The van der Waals surface area contributed by atoms with Crippen molar-refractivity contribution < 1.29 is 13.9 Å². The van der Waals surface area contributed by atoms with Crippen molar-refractivity contribution in [3.05, 3.63) is 30.0 Å². The highest BCUT2D eigenvalue weighted by Crippen LogP contribution is 2.30. The zero-order chi connectivity index (χ0) is 17.1. The molecule has 0 N–H and O–H groups in total. The Kier molecular flexibility index (Phi) is 4.72. The monoisotopic (exact) mass is 327 g/mol. The highest BCUT2D eigenvalue weighted by atomic mass is 16.5. The van der Waals surface area contributed by atoms with E-state index in [0.717, 1.165) is 11.3 Å². The normalized spacial score (nSPS) is 20.7. The first-order chi connectivity index (χ1) is 11.6. The molecule has 0 aliphatic carbocycles. The largest absolute Gasteiger partial charge is 0.494 e. The van der Waals surface area contributed by atoms with E-state index in [1.807, 2.05) is 49.9 Å². The number of ether oxygens (including phenoxy) is 2. The number of rotatable bonds is 4. The summed E-state index contributed by atoms with van der Waals surface area (Å²) in [5, 5.41) is 9.40. The Morgan fingerprint density at radius 3 is 2.50 bits per heavy atom. The van der Waals surface area contributed by atoms with Gasteiger partial charge in [0.05, 0.1) is 18.8 Å². The van der Waals surface area contributed by atoms with E-state index in [2.05, 4.69) is 11.1 Å². The summed E-state index contributed by atoms with van der Waals surface area (Å²) in [6, 6.07) is 9.63. The van der Waals surface area contributed by atoms with Crippen LogP contribution < -0.4 is 9.64 Å². The molecule has 0 saturated carbocycles. The van der Waals surface area contributed by atoms with Crippen molar-refractivity contribution in [2.75, 3.05) is 24.6 Å². The van der Waals surface area contributed by atoms with Crippen LogP contribution in [-0.4, -0.2) is 36.9 Å². The fraction of sp³-hybridized carbons (Fsp3) is 0.444. The molecule has 0 unspecified atom stereocenters. The molecule has 6 heteroatoms. The van der Waals surface area contributed by atoms with Gasteiger partial charge in [-0.15, -0.1) is 0 Å². The number of oxazole rings is 1. The van der Waals surface area contributed by atoms with E-state index in [-0.39, 0.29) is 12.2 Å². The molecule has 1 saturated heterocycles. The number of nitrogens with zero attached hydrogens (tertiary/aromatic N) is 3. The number of hydrogen-bond donors (Lipinski definition) is 0. The zero-order valence-corrected chi connectivity index (χ0v) is 14.2. The van der Waals surface area contributed by atoms with Gasteiger partial charge in [0.25, 0.3) is 0 Å². The molecule has 126 valence electrons. The summed E-state index contributed by atoms with van der Waals surface area (Å²) in [6.45, 7) is 7.94. The lowest BCUT2D eigenvalue weighted by Crippen LogP contribution is -2.45. The van der Waals surface area contributed by atoms with E-state index in [4.69, 9.17) is 13.9 Å². The Labute approximate surface area is 141 Å². The summed E-state index contributed by atoms with van der Waals surface area (Å²) in [6.07, 6.45) is 0.165. The van der Waals surface area contributed by atoms with E-state index in [9.17, 15) is 5.26 Å². The van der Waals surface area contributed by atoms with E-state index in [1.165, 1.54) is 0 Å². The molecule has 1 fully saturated rings. The smallest absolute Gasteiger partial charge is 0.235 e. The van der Waals surface area contributed by atoms with Crippen LogP contribution in [0.4, 0.5) is 5.88 Å². The van der Waals surface area contributed by atoms with Crippen molar-refractivity contribution in [1.29, 1.82) is 5.26 Å². The predicted molar refractivity (Wildman–Crippen MR) is 90.0 cm³/mol. The summed E-state index contributed by atoms with van der Waals surface area (Å²) in [5.74, 6) is 1.75. The minimum absolute atomic E-state index is 0.0827. The topological polar surface area (TPSA) is 71.5 Å². The lowest BCUT2D eigenvalue weighted by Gasteiger charge is -2.34. The molecule has 1 aromatic carbocycles. The fourth-order valence-electron chi connectivity index (χ4n) is 2.93. The third kappa shape index (κ3) is 3.36. The molecule has 3 rings (SSSR count). The Hall–Kier alpha value is -2.52. The van der Waals surface area contributed by atoms with Gasteiger partial charge in [0.2, 0.25) is 17.5 Å². The molecule has 0 amide bonds. The Morgan fingerprint density at radius 1 is 1.25 bits per heavy atom. The van der Waals surface area contributed by atoms with E-state index >= 15 is 0 Å². The molecule has 24 heavy (non-hydrogen) atoms. The third-order valence-corrected chi connectivity index (χ3v) is 3.83. The first kappa shape index (κ1) is 16.3. The zero-order valence-electron chi connectivity index (χ0n) is 14.2. The molecule has 1 aliphatic heterocycles. The van der Waals surface area contributed by atoms with E-state index in [1.54, 1.807) is 0 Å². The maximum absolute atomic E-state index is 9.40. The quantitative estimate of drug-likeness (QED) is 0.858. The Balaban J connectivity index is 1.88. The molecule has 0 bridgehead atoms. The first-order valence-electron chi connectivity index (χ1n) is 8.15. The van der Waals surface area contributed by atoms with Crippen LogP contribution in [0.2, 0.25) is 0 Å². The van der Waals surface area contributed by atoms with Gasteiger partial charge in [0, 0.05) is 18.7 Å². The standard InChI is InChI=1S/C18H21N3O3/c1-4-22-15-7-5-14(6-8-15)17-20-16(9-19)18(24-17)21-10-12(2)23-13(3)11-21/h5-8,12-13H,4,10-11H2,1-3H3/t12-,13-/m0/s1. The number of anilines is 1. The van der Waals surface area contributed by atoms with Crippen molar-refractivity contribution in [3.63, 3.8) is 0 Å². The van der Waals surface area contributed by atoms with Gasteiger partial charge in [0.1, 0.15) is 11.8 Å². The summed E-state index contributed by atoms with van der Waals surface area (Å²) in [4.78, 5) is 6.38. The van der Waals surface area contributed by atoms with Gasteiger partial charge in [-0.25, -0.2) is 0 Å². The predicted octanol–water partition coefficient (Wildman–Crippen LogP) is 3.23. The molecule has 2 atom stereocenters. The van der Waals surface area contributed by atoms with Crippen LogP contribution in [0, 0.1) is 11.3 Å². The van der Waals surface area contributed by atoms with Crippen LogP contribution in [0.3, 0.4) is 0 Å². The molecule has 2 aromatic rings. The van der Waals surface area contributed by atoms with Gasteiger partial charge in [-0.2, -0.15) is 10.2 Å².